The molecule has 0 bridgehead atoms. The van der Waals surface area contributed by atoms with Gasteiger partial charge in [-0.2, -0.15) is 0 Å². The molecule has 0 amide bonds. The standard InChI is InChI=1S/C23H21N5O/c1-2-8-16(7-1)28-14-15(26-27-28)13-24-21-17-9-3-5-11-19(17)25-22-18-10-4-6-12-20(18)29-23(21)22/h3-6,9-12,14,16H,1-2,7-8,13H2,(H,24,25). The van der Waals surface area contributed by atoms with Gasteiger partial charge in [0.15, 0.2) is 5.58 Å². The van der Waals surface area contributed by atoms with Crippen LogP contribution >= 0.6 is 0 Å². The van der Waals surface area contributed by atoms with Crippen LogP contribution in [0.25, 0.3) is 33.0 Å². The van der Waals surface area contributed by atoms with Gasteiger partial charge in [-0.25, -0.2) is 9.67 Å². The van der Waals surface area contributed by atoms with E-state index in [1.165, 1.54) is 25.7 Å². The summed E-state index contributed by atoms with van der Waals surface area (Å²) in [5.41, 5.74) is 5.35. The van der Waals surface area contributed by atoms with Gasteiger partial charge in [0.05, 0.1) is 30.0 Å². The molecule has 1 aliphatic rings. The first-order chi connectivity index (χ1) is 14.4. The molecule has 0 unspecified atom stereocenters. The van der Waals surface area contributed by atoms with Crippen LogP contribution in [0.15, 0.2) is 59.1 Å². The van der Waals surface area contributed by atoms with E-state index in [4.69, 9.17) is 9.40 Å². The van der Waals surface area contributed by atoms with Gasteiger partial charge in [-0.05, 0) is 31.0 Å². The number of aromatic nitrogens is 4. The third-order valence-electron chi connectivity index (χ3n) is 5.90. The van der Waals surface area contributed by atoms with E-state index in [-0.39, 0.29) is 0 Å². The molecule has 5 aromatic rings. The summed E-state index contributed by atoms with van der Waals surface area (Å²) < 4.78 is 8.23. The Balaban J connectivity index is 1.42. The Labute approximate surface area is 167 Å². The summed E-state index contributed by atoms with van der Waals surface area (Å²) in [4.78, 5) is 4.87. The molecule has 3 heterocycles. The second-order valence-electron chi connectivity index (χ2n) is 7.76. The number of fused-ring (bicyclic) bond motifs is 4. The van der Waals surface area contributed by atoms with E-state index in [9.17, 15) is 0 Å². The first-order valence-corrected chi connectivity index (χ1v) is 10.2. The summed E-state index contributed by atoms with van der Waals surface area (Å²) in [7, 11) is 0. The molecule has 1 saturated carbocycles. The van der Waals surface area contributed by atoms with Gasteiger partial charge in [0, 0.05) is 10.8 Å². The zero-order valence-corrected chi connectivity index (χ0v) is 16.0. The molecule has 0 saturated heterocycles. The molecule has 1 N–H and O–H groups in total. The number of nitrogens with zero attached hydrogens (tertiary/aromatic N) is 4. The van der Waals surface area contributed by atoms with Gasteiger partial charge < -0.3 is 9.73 Å². The van der Waals surface area contributed by atoms with Crippen molar-refractivity contribution in [2.24, 2.45) is 0 Å². The Hall–Kier alpha value is -3.41. The van der Waals surface area contributed by atoms with Crippen LogP contribution in [-0.2, 0) is 6.54 Å². The smallest absolute Gasteiger partial charge is 0.177 e. The van der Waals surface area contributed by atoms with E-state index in [1.807, 2.05) is 41.1 Å². The average Bonchev–Trinajstić information content (AvgIpc) is 3.50. The zero-order valence-electron chi connectivity index (χ0n) is 16.0. The van der Waals surface area contributed by atoms with Crippen LogP contribution < -0.4 is 5.32 Å². The number of anilines is 1. The summed E-state index contributed by atoms with van der Waals surface area (Å²) in [6.07, 6.45) is 7.04. The van der Waals surface area contributed by atoms with Crippen molar-refractivity contribution < 1.29 is 4.42 Å². The molecular weight excluding hydrogens is 362 g/mol. The van der Waals surface area contributed by atoms with Crippen molar-refractivity contribution in [3.05, 3.63) is 60.4 Å². The van der Waals surface area contributed by atoms with Crippen molar-refractivity contribution in [2.75, 3.05) is 5.32 Å². The van der Waals surface area contributed by atoms with E-state index in [0.717, 1.165) is 44.4 Å². The van der Waals surface area contributed by atoms with Gasteiger partial charge in [-0.1, -0.05) is 48.4 Å². The molecule has 29 heavy (non-hydrogen) atoms. The van der Waals surface area contributed by atoms with Gasteiger partial charge in [-0.15, -0.1) is 5.10 Å². The van der Waals surface area contributed by atoms with E-state index in [0.29, 0.717) is 12.6 Å². The number of furan rings is 1. The lowest BCUT2D eigenvalue weighted by atomic mass is 10.1. The molecule has 144 valence electrons. The maximum atomic E-state index is 6.20. The Morgan fingerprint density at radius 2 is 1.79 bits per heavy atom. The molecule has 1 aliphatic carbocycles. The topological polar surface area (TPSA) is 68.8 Å². The van der Waals surface area contributed by atoms with E-state index < -0.39 is 0 Å². The van der Waals surface area contributed by atoms with Gasteiger partial charge in [0.25, 0.3) is 0 Å². The van der Waals surface area contributed by atoms with Crippen LogP contribution in [0.1, 0.15) is 37.4 Å². The first kappa shape index (κ1) is 16.5. The number of pyridine rings is 1. The highest BCUT2D eigenvalue weighted by molar-refractivity contribution is 6.13. The van der Waals surface area contributed by atoms with Gasteiger partial charge in [-0.3, -0.25) is 0 Å². The van der Waals surface area contributed by atoms with E-state index >= 15 is 0 Å². The SMILES string of the molecule is c1ccc2c(NCc3cn(C4CCCC4)nn3)c3oc4ccccc4c3nc2c1. The van der Waals surface area contributed by atoms with Crippen molar-refractivity contribution in [3.8, 4) is 0 Å². The lowest BCUT2D eigenvalue weighted by molar-refractivity contribution is 0.454. The average molecular weight is 383 g/mol. The van der Waals surface area contributed by atoms with E-state index in [1.54, 1.807) is 0 Å². The zero-order chi connectivity index (χ0) is 19.2. The van der Waals surface area contributed by atoms with Crippen molar-refractivity contribution in [3.63, 3.8) is 0 Å². The number of nitrogens with one attached hydrogen (secondary N) is 1. The minimum Gasteiger partial charge on any atom is -0.452 e. The summed E-state index contributed by atoms with van der Waals surface area (Å²) in [5, 5.41) is 14.4. The van der Waals surface area contributed by atoms with Crippen LogP contribution in [0.3, 0.4) is 0 Å². The van der Waals surface area contributed by atoms with E-state index in [2.05, 4.69) is 34.0 Å². The summed E-state index contributed by atoms with van der Waals surface area (Å²) in [6, 6.07) is 16.7. The van der Waals surface area contributed by atoms with Crippen LogP contribution in [-0.4, -0.2) is 20.0 Å². The Morgan fingerprint density at radius 3 is 2.69 bits per heavy atom. The summed E-state index contributed by atoms with van der Waals surface area (Å²) in [5.74, 6) is 0. The summed E-state index contributed by atoms with van der Waals surface area (Å²) in [6.45, 7) is 0.590. The van der Waals surface area contributed by atoms with Crippen LogP contribution in [0.2, 0.25) is 0 Å². The molecule has 3 aromatic heterocycles. The number of benzene rings is 2. The third kappa shape index (κ3) is 2.75. The highest BCUT2D eigenvalue weighted by Crippen LogP contribution is 2.37. The minimum absolute atomic E-state index is 0.500. The predicted molar refractivity (Wildman–Crippen MR) is 114 cm³/mol. The maximum Gasteiger partial charge on any atom is 0.177 e. The van der Waals surface area contributed by atoms with Crippen LogP contribution in [0.5, 0.6) is 0 Å². The molecule has 2 aromatic carbocycles. The predicted octanol–water partition coefficient (Wildman–Crippen LogP) is 5.45. The Kier molecular flexibility index (Phi) is 3.75. The Morgan fingerprint density at radius 1 is 1.00 bits per heavy atom. The summed E-state index contributed by atoms with van der Waals surface area (Å²) >= 11 is 0. The monoisotopic (exact) mass is 383 g/mol. The van der Waals surface area contributed by atoms with Crippen LogP contribution in [0.4, 0.5) is 5.69 Å². The molecule has 6 rings (SSSR count). The fourth-order valence-electron chi connectivity index (χ4n) is 4.43. The quantitative estimate of drug-likeness (QED) is 0.447. The fraction of sp³-hybridized carbons (Fsp3) is 0.261. The van der Waals surface area contributed by atoms with Crippen molar-refractivity contribution >= 4 is 38.7 Å². The van der Waals surface area contributed by atoms with Crippen molar-refractivity contribution in [1.82, 2.24) is 20.0 Å². The second kappa shape index (κ2) is 6.58. The maximum absolute atomic E-state index is 6.20. The molecule has 0 atom stereocenters. The lowest BCUT2D eigenvalue weighted by Crippen LogP contribution is -2.05. The number of para-hydroxylation sites is 2. The highest BCUT2D eigenvalue weighted by atomic mass is 16.3. The first-order valence-electron chi connectivity index (χ1n) is 10.2. The van der Waals surface area contributed by atoms with Gasteiger partial charge in [0.1, 0.15) is 16.8 Å². The normalized spacial score (nSPS) is 15.0. The number of hydrogen-bond acceptors (Lipinski definition) is 5. The number of rotatable bonds is 4. The fourth-order valence-corrected chi connectivity index (χ4v) is 4.43. The molecule has 0 aliphatic heterocycles. The molecular formula is C23H21N5O. The lowest BCUT2D eigenvalue weighted by Gasteiger charge is -2.09. The molecule has 0 radical (unpaired) electrons. The molecule has 6 nitrogen and oxygen atoms in total. The molecule has 6 heteroatoms. The van der Waals surface area contributed by atoms with Gasteiger partial charge >= 0.3 is 0 Å². The van der Waals surface area contributed by atoms with Crippen molar-refractivity contribution in [2.45, 2.75) is 38.3 Å². The minimum atomic E-state index is 0.500. The Bertz CT molecular complexity index is 1330. The number of hydrogen-bond donors (Lipinski definition) is 1. The second-order valence-corrected chi connectivity index (χ2v) is 7.76. The molecule has 1 fully saturated rings. The van der Waals surface area contributed by atoms with Crippen LogP contribution in [0, 0.1) is 0 Å². The largest absolute Gasteiger partial charge is 0.452 e. The van der Waals surface area contributed by atoms with Gasteiger partial charge in [0.2, 0.25) is 0 Å². The molecule has 0 spiro atoms. The third-order valence-corrected chi connectivity index (χ3v) is 5.90. The van der Waals surface area contributed by atoms with Crippen molar-refractivity contribution in [1.29, 1.82) is 0 Å². The highest BCUT2D eigenvalue weighted by Gasteiger charge is 2.19.